The minimum atomic E-state index is -2.59. The summed E-state index contributed by atoms with van der Waals surface area (Å²) in [6, 6.07) is 9.05. The molecule has 0 aliphatic heterocycles. The van der Waals surface area contributed by atoms with Crippen molar-refractivity contribution >= 4 is 56.6 Å². The molecule has 0 aliphatic carbocycles. The zero-order valence-electron chi connectivity index (χ0n) is 8.81. The molecule has 0 amide bonds. The number of halogens is 2. The smallest absolute Gasteiger partial charge is 0.107 e. The van der Waals surface area contributed by atoms with Gasteiger partial charge in [0.2, 0.25) is 0 Å². The maximum absolute atomic E-state index is 10.8. The normalized spacial score (nSPS) is 9.75. The summed E-state index contributed by atoms with van der Waals surface area (Å²) < 4.78 is 10.8. The Bertz CT molecular complexity index is 337. The third-order valence-corrected chi connectivity index (χ3v) is 5.05. The van der Waals surface area contributed by atoms with E-state index in [1.165, 1.54) is 13.8 Å². The summed E-state index contributed by atoms with van der Waals surface area (Å²) in [7, 11) is 0. The SMILES string of the molecule is CC(=O)OI(OC(C)=O)c1ccccc1.I. The number of benzene rings is 1. The second kappa shape index (κ2) is 7.82. The van der Waals surface area contributed by atoms with Crippen molar-refractivity contribution in [1.29, 1.82) is 0 Å². The van der Waals surface area contributed by atoms with Crippen molar-refractivity contribution in [2.24, 2.45) is 0 Å². The predicted molar refractivity (Wildman–Crippen MR) is 78.1 cm³/mol. The maximum Gasteiger partial charge on any atom is -0.107 e. The van der Waals surface area contributed by atoms with Gasteiger partial charge in [-0.2, -0.15) is 0 Å². The van der Waals surface area contributed by atoms with Gasteiger partial charge in [0.05, 0.1) is 0 Å². The van der Waals surface area contributed by atoms with Crippen LogP contribution >= 0.6 is 44.6 Å². The van der Waals surface area contributed by atoms with Crippen LogP contribution in [0.25, 0.3) is 0 Å². The minimum absolute atomic E-state index is 0. The van der Waals surface area contributed by atoms with Crippen molar-refractivity contribution in [2.45, 2.75) is 13.8 Å². The molecule has 0 atom stereocenters. The van der Waals surface area contributed by atoms with Crippen LogP contribution in [0.4, 0.5) is 0 Å². The first-order valence-electron chi connectivity index (χ1n) is 4.22. The van der Waals surface area contributed by atoms with Crippen LogP contribution in [0, 0.1) is 3.57 Å². The Morgan fingerprint density at radius 3 is 1.81 bits per heavy atom. The van der Waals surface area contributed by atoms with Gasteiger partial charge in [0, 0.05) is 0 Å². The molecule has 0 heterocycles. The monoisotopic (exact) mass is 450 g/mol. The first kappa shape index (κ1) is 15.6. The van der Waals surface area contributed by atoms with E-state index in [0.29, 0.717) is 0 Å². The molecule has 6 heteroatoms. The van der Waals surface area contributed by atoms with Crippen LogP contribution in [0.2, 0.25) is 0 Å². The number of carbonyl (C=O) groups is 2. The molecule has 0 saturated heterocycles. The Morgan fingerprint density at radius 2 is 1.44 bits per heavy atom. The average molecular weight is 450 g/mol. The van der Waals surface area contributed by atoms with Gasteiger partial charge in [-0.25, -0.2) is 0 Å². The van der Waals surface area contributed by atoms with Crippen molar-refractivity contribution in [2.75, 3.05) is 0 Å². The van der Waals surface area contributed by atoms with Crippen molar-refractivity contribution < 1.29 is 15.7 Å². The molecule has 1 rings (SSSR count). The zero-order chi connectivity index (χ0) is 11.3. The topological polar surface area (TPSA) is 52.6 Å². The number of hydrogen-bond acceptors (Lipinski definition) is 4. The van der Waals surface area contributed by atoms with Crippen LogP contribution < -0.4 is 0 Å². The Hall–Kier alpha value is -0.380. The maximum atomic E-state index is 10.8. The molecule has 0 radical (unpaired) electrons. The molecule has 0 aliphatic rings. The summed E-state index contributed by atoms with van der Waals surface area (Å²) in [5.41, 5.74) is 0. The van der Waals surface area contributed by atoms with Gasteiger partial charge in [0.1, 0.15) is 0 Å². The van der Waals surface area contributed by atoms with E-state index < -0.39 is 32.6 Å². The molecule has 1 aromatic carbocycles. The number of rotatable bonds is 3. The van der Waals surface area contributed by atoms with Gasteiger partial charge in [-0.3, -0.25) is 0 Å². The van der Waals surface area contributed by atoms with E-state index >= 15 is 0 Å². The second-order valence-electron chi connectivity index (χ2n) is 2.65. The molecule has 0 saturated carbocycles. The molecule has 90 valence electrons. The third-order valence-electron chi connectivity index (χ3n) is 1.27. The third kappa shape index (κ3) is 5.64. The first-order valence-corrected chi connectivity index (χ1v) is 7.07. The molecule has 4 nitrogen and oxygen atoms in total. The molecule has 0 unspecified atom stereocenters. The summed E-state index contributed by atoms with van der Waals surface area (Å²) >= 11 is -2.59. The van der Waals surface area contributed by atoms with Crippen LogP contribution in [0.5, 0.6) is 0 Å². The van der Waals surface area contributed by atoms with Crippen LogP contribution in [-0.4, -0.2) is 11.9 Å². The van der Waals surface area contributed by atoms with Crippen molar-refractivity contribution in [3.8, 4) is 0 Å². The molecule has 16 heavy (non-hydrogen) atoms. The van der Waals surface area contributed by atoms with Crippen LogP contribution in [0.1, 0.15) is 13.8 Å². The summed E-state index contributed by atoms with van der Waals surface area (Å²) in [5.74, 6) is -0.851. The zero-order valence-corrected chi connectivity index (χ0v) is 13.3. The molecule has 1 aromatic rings. The van der Waals surface area contributed by atoms with E-state index in [0.717, 1.165) is 3.57 Å². The number of hydrogen-bond donors (Lipinski definition) is 0. The summed E-state index contributed by atoms with van der Waals surface area (Å²) in [5, 5.41) is 0. The fourth-order valence-electron chi connectivity index (χ4n) is 0.820. The summed E-state index contributed by atoms with van der Waals surface area (Å²) in [6.07, 6.45) is 0. The van der Waals surface area contributed by atoms with Gasteiger partial charge in [-0.1, -0.05) is 0 Å². The molecule has 0 spiro atoms. The van der Waals surface area contributed by atoms with Crippen LogP contribution in [0.15, 0.2) is 30.3 Å². The Labute approximate surface area is 119 Å². The molecule has 0 N–H and O–H groups in total. The predicted octanol–water partition coefficient (Wildman–Crippen LogP) is 2.94. The minimum Gasteiger partial charge on any atom is -0.107 e. The van der Waals surface area contributed by atoms with E-state index in [9.17, 15) is 9.59 Å². The Kier molecular flexibility index (Phi) is 7.64. The van der Waals surface area contributed by atoms with E-state index in [1.807, 2.05) is 18.2 Å². The number of carbonyl (C=O) groups excluding carboxylic acids is 2. The van der Waals surface area contributed by atoms with Gasteiger partial charge in [-0.15, -0.1) is 24.0 Å². The largest absolute Gasteiger partial charge is 0.107 e. The molecular weight excluding hydrogens is 438 g/mol. The van der Waals surface area contributed by atoms with E-state index in [-0.39, 0.29) is 24.0 Å². The van der Waals surface area contributed by atoms with Gasteiger partial charge < -0.3 is 0 Å². The average Bonchev–Trinajstić information content (AvgIpc) is 2.17. The fourth-order valence-corrected chi connectivity index (χ4v) is 3.55. The van der Waals surface area contributed by atoms with Crippen molar-refractivity contribution in [3.63, 3.8) is 0 Å². The van der Waals surface area contributed by atoms with E-state index in [2.05, 4.69) is 0 Å². The molecule has 0 bridgehead atoms. The van der Waals surface area contributed by atoms with Gasteiger partial charge in [0.15, 0.2) is 0 Å². The summed E-state index contributed by atoms with van der Waals surface area (Å²) in [4.78, 5) is 21.7. The molecular formula is C10H12I2O4. The van der Waals surface area contributed by atoms with E-state index in [1.54, 1.807) is 12.1 Å². The van der Waals surface area contributed by atoms with Gasteiger partial charge >= 0.3 is 96.1 Å². The Balaban J connectivity index is 0.00000225. The second-order valence-corrected chi connectivity index (χ2v) is 6.02. The molecule has 0 aromatic heterocycles. The Morgan fingerprint density at radius 1 is 1.00 bits per heavy atom. The standard InChI is InChI=1S/C10H11IO4.HI/c1-8(12)14-11(15-9(2)13)10-6-4-3-5-7-10;/h3-7H,1-2H3;1H. The molecule has 0 fully saturated rings. The van der Waals surface area contributed by atoms with Gasteiger partial charge in [0.25, 0.3) is 0 Å². The van der Waals surface area contributed by atoms with Crippen molar-refractivity contribution in [1.82, 2.24) is 0 Å². The quantitative estimate of drug-likeness (QED) is 0.666. The van der Waals surface area contributed by atoms with E-state index in [4.69, 9.17) is 6.13 Å². The summed E-state index contributed by atoms with van der Waals surface area (Å²) in [6.45, 7) is 2.60. The van der Waals surface area contributed by atoms with Crippen LogP contribution in [0.3, 0.4) is 0 Å². The fraction of sp³-hybridized carbons (Fsp3) is 0.200. The first-order chi connectivity index (χ1) is 7.09. The van der Waals surface area contributed by atoms with Crippen molar-refractivity contribution in [3.05, 3.63) is 33.9 Å². The van der Waals surface area contributed by atoms with Gasteiger partial charge in [-0.05, 0) is 0 Å². The van der Waals surface area contributed by atoms with Crippen LogP contribution in [-0.2, 0) is 15.7 Å².